The third kappa shape index (κ3) is 1.85. The molecule has 0 spiro atoms. The smallest absolute Gasteiger partial charge is 0.117 e. The molecule has 1 aliphatic carbocycles. The molecule has 96 valence electrons. The van der Waals surface area contributed by atoms with E-state index < -0.39 is 5.60 Å². The molecule has 0 aliphatic heterocycles. The highest BCUT2D eigenvalue weighted by Gasteiger charge is 2.32. The zero-order chi connectivity index (χ0) is 13.3. The van der Waals surface area contributed by atoms with Gasteiger partial charge in [-0.15, -0.1) is 0 Å². The molecule has 0 fully saturated rings. The number of hydrogen-bond acceptors (Lipinski definition) is 2. The minimum absolute atomic E-state index is 0.459. The Morgan fingerprint density at radius 3 is 2.68 bits per heavy atom. The largest absolute Gasteiger partial charge is 0.398 e. The highest BCUT2D eigenvalue weighted by Crippen LogP contribution is 2.40. The maximum atomic E-state index is 6.24. The number of rotatable bonds is 2. The van der Waals surface area contributed by atoms with Crippen molar-refractivity contribution in [3.63, 3.8) is 0 Å². The average molecular weight is 251 g/mol. The number of benzene rings is 2. The van der Waals surface area contributed by atoms with Crippen molar-refractivity contribution < 1.29 is 4.74 Å². The first-order valence-corrected chi connectivity index (χ1v) is 6.44. The first-order valence-electron chi connectivity index (χ1n) is 6.44. The second kappa shape index (κ2) is 4.56. The molecule has 1 atom stereocenters. The predicted octanol–water partition coefficient (Wildman–Crippen LogP) is 3.78. The molecule has 0 heterocycles. The van der Waals surface area contributed by atoms with E-state index in [1.165, 1.54) is 5.39 Å². The van der Waals surface area contributed by atoms with E-state index >= 15 is 0 Å². The van der Waals surface area contributed by atoms with Gasteiger partial charge in [-0.2, -0.15) is 0 Å². The molecular formula is C17H17NO. The zero-order valence-corrected chi connectivity index (χ0v) is 11.0. The average Bonchev–Trinajstić information content (AvgIpc) is 2.48. The van der Waals surface area contributed by atoms with Crippen molar-refractivity contribution in [2.24, 2.45) is 0 Å². The van der Waals surface area contributed by atoms with Gasteiger partial charge < -0.3 is 10.5 Å². The van der Waals surface area contributed by atoms with Gasteiger partial charge in [-0.05, 0) is 22.9 Å². The number of nitrogens with two attached hydrogens (primary N) is 1. The van der Waals surface area contributed by atoms with Crippen LogP contribution in [0.25, 0.3) is 10.8 Å². The molecule has 0 saturated carbocycles. The summed E-state index contributed by atoms with van der Waals surface area (Å²) in [4.78, 5) is 0. The normalized spacial score (nSPS) is 21.9. The van der Waals surface area contributed by atoms with Crippen LogP contribution >= 0.6 is 0 Å². The van der Waals surface area contributed by atoms with Crippen molar-refractivity contribution in [1.82, 2.24) is 0 Å². The van der Waals surface area contributed by atoms with E-state index in [-0.39, 0.29) is 0 Å². The van der Waals surface area contributed by atoms with E-state index in [1.54, 1.807) is 7.11 Å². The SMILES string of the molecule is COC1(c2c(N)ccc3ccccc23)C=CC=CC1. The highest BCUT2D eigenvalue weighted by molar-refractivity contribution is 5.91. The van der Waals surface area contributed by atoms with Crippen LogP contribution in [0.4, 0.5) is 5.69 Å². The number of nitrogen functional groups attached to an aromatic ring is 1. The summed E-state index contributed by atoms with van der Waals surface area (Å²) in [5.74, 6) is 0. The lowest BCUT2D eigenvalue weighted by atomic mass is 9.83. The Morgan fingerprint density at radius 2 is 1.95 bits per heavy atom. The van der Waals surface area contributed by atoms with Gasteiger partial charge in [0.15, 0.2) is 0 Å². The van der Waals surface area contributed by atoms with Crippen LogP contribution in [-0.2, 0) is 10.3 Å². The fourth-order valence-corrected chi connectivity index (χ4v) is 2.80. The van der Waals surface area contributed by atoms with Crippen molar-refractivity contribution in [3.05, 3.63) is 66.3 Å². The molecule has 0 amide bonds. The summed E-state index contributed by atoms with van der Waals surface area (Å²) >= 11 is 0. The van der Waals surface area contributed by atoms with Crippen molar-refractivity contribution in [3.8, 4) is 0 Å². The van der Waals surface area contributed by atoms with Gasteiger partial charge in [0, 0.05) is 24.8 Å². The Labute approximate surface area is 113 Å². The van der Waals surface area contributed by atoms with Gasteiger partial charge in [0.05, 0.1) is 0 Å². The van der Waals surface area contributed by atoms with Crippen LogP contribution in [0.2, 0.25) is 0 Å². The predicted molar refractivity (Wildman–Crippen MR) is 79.9 cm³/mol. The van der Waals surface area contributed by atoms with Gasteiger partial charge in [-0.1, -0.05) is 48.6 Å². The van der Waals surface area contributed by atoms with Crippen molar-refractivity contribution >= 4 is 16.5 Å². The molecule has 0 saturated heterocycles. The van der Waals surface area contributed by atoms with Gasteiger partial charge in [-0.25, -0.2) is 0 Å². The maximum absolute atomic E-state index is 6.24. The summed E-state index contributed by atoms with van der Waals surface area (Å²) in [6.45, 7) is 0. The molecule has 0 radical (unpaired) electrons. The Morgan fingerprint density at radius 1 is 1.11 bits per heavy atom. The Kier molecular flexibility index (Phi) is 2.88. The molecule has 2 N–H and O–H groups in total. The van der Waals surface area contributed by atoms with Crippen LogP contribution in [0.3, 0.4) is 0 Å². The van der Waals surface area contributed by atoms with Gasteiger partial charge in [0.1, 0.15) is 5.60 Å². The summed E-state index contributed by atoms with van der Waals surface area (Å²) < 4.78 is 5.84. The second-order valence-corrected chi connectivity index (χ2v) is 4.84. The number of ether oxygens (including phenoxy) is 1. The monoisotopic (exact) mass is 251 g/mol. The van der Waals surface area contributed by atoms with Crippen molar-refractivity contribution in [2.75, 3.05) is 12.8 Å². The standard InChI is InChI=1S/C17H17NO/c1-19-17(11-5-2-6-12-17)16-14-8-4-3-7-13(14)9-10-15(16)18/h2-11H,12,18H2,1H3. The van der Waals surface area contributed by atoms with Crippen LogP contribution in [-0.4, -0.2) is 7.11 Å². The topological polar surface area (TPSA) is 35.2 Å². The van der Waals surface area contributed by atoms with Crippen molar-refractivity contribution in [1.29, 1.82) is 0 Å². The summed E-state index contributed by atoms with van der Waals surface area (Å²) in [5.41, 5.74) is 7.62. The minimum Gasteiger partial charge on any atom is -0.398 e. The molecule has 2 nitrogen and oxygen atoms in total. The van der Waals surface area contributed by atoms with Crippen LogP contribution < -0.4 is 5.73 Å². The fraction of sp³-hybridized carbons (Fsp3) is 0.176. The molecule has 19 heavy (non-hydrogen) atoms. The third-order valence-corrected chi connectivity index (χ3v) is 3.78. The summed E-state index contributed by atoms with van der Waals surface area (Å²) in [6, 6.07) is 12.3. The van der Waals surface area contributed by atoms with Crippen LogP contribution in [0.15, 0.2) is 60.7 Å². The third-order valence-electron chi connectivity index (χ3n) is 3.78. The van der Waals surface area contributed by atoms with E-state index in [2.05, 4.69) is 30.4 Å². The van der Waals surface area contributed by atoms with Gasteiger partial charge in [-0.3, -0.25) is 0 Å². The summed E-state index contributed by atoms with van der Waals surface area (Å²) in [7, 11) is 1.74. The number of hydrogen-bond donors (Lipinski definition) is 1. The quantitative estimate of drug-likeness (QED) is 0.824. The number of methoxy groups -OCH3 is 1. The van der Waals surface area contributed by atoms with Crippen LogP contribution in [0.5, 0.6) is 0 Å². The van der Waals surface area contributed by atoms with Gasteiger partial charge in [0.25, 0.3) is 0 Å². The molecule has 2 aromatic carbocycles. The number of allylic oxidation sites excluding steroid dienone is 2. The van der Waals surface area contributed by atoms with E-state index in [9.17, 15) is 0 Å². The van der Waals surface area contributed by atoms with Gasteiger partial charge >= 0.3 is 0 Å². The summed E-state index contributed by atoms with van der Waals surface area (Å²) in [5, 5.41) is 2.34. The lowest BCUT2D eigenvalue weighted by molar-refractivity contribution is 0.0326. The molecule has 0 aromatic heterocycles. The van der Waals surface area contributed by atoms with E-state index in [1.807, 2.05) is 30.4 Å². The Hall–Kier alpha value is -2.06. The Balaban J connectivity index is 2.32. The maximum Gasteiger partial charge on any atom is 0.117 e. The van der Waals surface area contributed by atoms with Crippen molar-refractivity contribution in [2.45, 2.75) is 12.0 Å². The van der Waals surface area contributed by atoms with E-state index in [0.29, 0.717) is 0 Å². The molecule has 2 heteroatoms. The highest BCUT2D eigenvalue weighted by atomic mass is 16.5. The Bertz CT molecular complexity index is 672. The molecular weight excluding hydrogens is 234 g/mol. The molecule has 2 aromatic rings. The molecule has 1 unspecified atom stereocenters. The molecule has 1 aliphatic rings. The van der Waals surface area contributed by atoms with E-state index in [0.717, 1.165) is 23.1 Å². The second-order valence-electron chi connectivity index (χ2n) is 4.84. The number of fused-ring (bicyclic) bond motifs is 1. The first kappa shape index (κ1) is 12.0. The lowest BCUT2D eigenvalue weighted by Crippen LogP contribution is -2.28. The van der Waals surface area contributed by atoms with Gasteiger partial charge in [0.2, 0.25) is 0 Å². The van der Waals surface area contributed by atoms with E-state index in [4.69, 9.17) is 10.5 Å². The zero-order valence-electron chi connectivity index (χ0n) is 11.0. The molecule has 3 rings (SSSR count). The molecule has 0 bridgehead atoms. The fourth-order valence-electron chi connectivity index (χ4n) is 2.80. The lowest BCUT2D eigenvalue weighted by Gasteiger charge is -2.32. The number of anilines is 1. The first-order chi connectivity index (χ1) is 9.27. The summed E-state index contributed by atoms with van der Waals surface area (Å²) in [6.07, 6.45) is 9.07. The minimum atomic E-state index is -0.459. The van der Waals surface area contributed by atoms with Crippen LogP contribution in [0, 0.1) is 0 Å². The van der Waals surface area contributed by atoms with Crippen LogP contribution in [0.1, 0.15) is 12.0 Å².